The SMILES string of the molecule is CNC1=C(N)C(=O)CC1O. The zero-order valence-electron chi connectivity index (χ0n) is 5.72. The van der Waals surface area contributed by atoms with Crippen molar-refractivity contribution >= 4 is 5.78 Å². The largest absolute Gasteiger partial charge is 0.394 e. The molecule has 0 saturated carbocycles. The lowest BCUT2D eigenvalue weighted by Gasteiger charge is -2.05. The summed E-state index contributed by atoms with van der Waals surface area (Å²) in [6.45, 7) is 0. The second-order valence-corrected chi connectivity index (χ2v) is 2.22. The van der Waals surface area contributed by atoms with Crippen LogP contribution in [0.25, 0.3) is 0 Å². The zero-order valence-corrected chi connectivity index (χ0v) is 5.72. The van der Waals surface area contributed by atoms with Gasteiger partial charge >= 0.3 is 0 Å². The van der Waals surface area contributed by atoms with E-state index in [0.29, 0.717) is 5.70 Å². The number of carbonyl (C=O) groups excluding carboxylic acids is 1. The molecule has 1 rings (SSSR count). The molecule has 0 aliphatic heterocycles. The summed E-state index contributed by atoms with van der Waals surface area (Å²) in [7, 11) is 1.63. The Hall–Kier alpha value is -1.03. The molecule has 1 unspecified atom stereocenters. The topological polar surface area (TPSA) is 75.3 Å². The van der Waals surface area contributed by atoms with Gasteiger partial charge in [0.2, 0.25) is 0 Å². The van der Waals surface area contributed by atoms with E-state index in [1.807, 2.05) is 0 Å². The molecule has 1 aliphatic rings. The van der Waals surface area contributed by atoms with E-state index < -0.39 is 6.10 Å². The van der Waals surface area contributed by atoms with E-state index in [9.17, 15) is 4.79 Å². The molecule has 0 aromatic rings. The number of nitrogens with one attached hydrogen (secondary N) is 1. The van der Waals surface area contributed by atoms with E-state index in [2.05, 4.69) is 5.32 Å². The van der Waals surface area contributed by atoms with Crippen molar-refractivity contribution in [1.82, 2.24) is 5.32 Å². The first-order valence-electron chi connectivity index (χ1n) is 3.05. The Labute approximate surface area is 58.7 Å². The van der Waals surface area contributed by atoms with Gasteiger partial charge in [0.25, 0.3) is 0 Å². The maximum atomic E-state index is 10.8. The lowest BCUT2D eigenvalue weighted by atomic mass is 10.3. The predicted molar refractivity (Wildman–Crippen MR) is 35.9 cm³/mol. The summed E-state index contributed by atoms with van der Waals surface area (Å²) in [4.78, 5) is 10.8. The molecule has 0 fully saturated rings. The van der Waals surface area contributed by atoms with Crippen molar-refractivity contribution < 1.29 is 9.90 Å². The molecule has 0 heterocycles. The Morgan fingerprint density at radius 2 is 2.40 bits per heavy atom. The van der Waals surface area contributed by atoms with Gasteiger partial charge in [-0.05, 0) is 0 Å². The second-order valence-electron chi connectivity index (χ2n) is 2.22. The van der Waals surface area contributed by atoms with Crippen LogP contribution in [0.4, 0.5) is 0 Å². The first-order chi connectivity index (χ1) is 4.66. The molecule has 1 aliphatic carbocycles. The van der Waals surface area contributed by atoms with E-state index in [-0.39, 0.29) is 17.9 Å². The van der Waals surface area contributed by atoms with Crippen LogP contribution in [0.5, 0.6) is 0 Å². The van der Waals surface area contributed by atoms with E-state index in [1.54, 1.807) is 7.05 Å². The molecule has 0 spiro atoms. The van der Waals surface area contributed by atoms with Gasteiger partial charge in [-0.15, -0.1) is 0 Å². The molecular formula is C6H10N2O2. The van der Waals surface area contributed by atoms with Gasteiger partial charge in [-0.1, -0.05) is 0 Å². The van der Waals surface area contributed by atoms with Crippen molar-refractivity contribution in [2.45, 2.75) is 12.5 Å². The first kappa shape index (κ1) is 7.08. The van der Waals surface area contributed by atoms with Crippen LogP contribution in [-0.4, -0.2) is 24.0 Å². The molecule has 0 saturated heterocycles. The van der Waals surface area contributed by atoms with Gasteiger partial charge in [-0.3, -0.25) is 4.79 Å². The highest BCUT2D eigenvalue weighted by atomic mass is 16.3. The van der Waals surface area contributed by atoms with Crippen molar-refractivity contribution in [2.24, 2.45) is 5.73 Å². The summed E-state index contributed by atoms with van der Waals surface area (Å²) < 4.78 is 0. The Morgan fingerprint density at radius 1 is 1.80 bits per heavy atom. The molecule has 10 heavy (non-hydrogen) atoms. The number of aliphatic hydroxyl groups excluding tert-OH is 1. The molecule has 0 aromatic carbocycles. The average Bonchev–Trinajstić information content (AvgIpc) is 2.09. The van der Waals surface area contributed by atoms with Crippen molar-refractivity contribution in [1.29, 1.82) is 0 Å². The van der Waals surface area contributed by atoms with Crippen LogP contribution in [-0.2, 0) is 4.79 Å². The summed E-state index contributed by atoms with van der Waals surface area (Å²) in [5.74, 6) is -0.183. The Bertz CT molecular complexity index is 198. The molecule has 1 atom stereocenters. The number of hydrogen-bond acceptors (Lipinski definition) is 4. The average molecular weight is 142 g/mol. The van der Waals surface area contributed by atoms with Gasteiger partial charge in [0.1, 0.15) is 6.10 Å². The number of allylic oxidation sites excluding steroid dienone is 1. The number of rotatable bonds is 1. The van der Waals surface area contributed by atoms with Crippen LogP contribution >= 0.6 is 0 Å². The molecule has 0 bridgehead atoms. The van der Waals surface area contributed by atoms with Gasteiger partial charge in [-0.2, -0.15) is 0 Å². The highest BCUT2D eigenvalue weighted by Gasteiger charge is 2.27. The Balaban J connectivity index is 2.90. The summed E-state index contributed by atoms with van der Waals surface area (Å²) in [6, 6.07) is 0. The second kappa shape index (κ2) is 2.30. The lowest BCUT2D eigenvalue weighted by molar-refractivity contribution is -0.115. The normalized spacial score (nSPS) is 25.8. The van der Waals surface area contributed by atoms with Crippen LogP contribution < -0.4 is 11.1 Å². The summed E-state index contributed by atoms with van der Waals surface area (Å²) in [5.41, 5.74) is 5.94. The third kappa shape index (κ3) is 0.863. The number of nitrogens with two attached hydrogens (primary N) is 1. The lowest BCUT2D eigenvalue weighted by Crippen LogP contribution is -2.19. The Kier molecular flexibility index (Phi) is 1.63. The molecule has 4 nitrogen and oxygen atoms in total. The number of aliphatic hydroxyl groups is 1. The van der Waals surface area contributed by atoms with Crippen LogP contribution in [0, 0.1) is 0 Å². The molecule has 0 amide bonds. The van der Waals surface area contributed by atoms with E-state index in [0.717, 1.165) is 0 Å². The fourth-order valence-corrected chi connectivity index (χ4v) is 1.02. The number of carbonyl (C=O) groups is 1. The van der Waals surface area contributed by atoms with Crippen LogP contribution in [0.1, 0.15) is 6.42 Å². The minimum atomic E-state index is -0.725. The van der Waals surface area contributed by atoms with Crippen molar-refractivity contribution in [2.75, 3.05) is 7.05 Å². The molecule has 0 aromatic heterocycles. The fourth-order valence-electron chi connectivity index (χ4n) is 1.02. The van der Waals surface area contributed by atoms with Crippen molar-refractivity contribution in [3.05, 3.63) is 11.4 Å². The Morgan fingerprint density at radius 3 is 2.60 bits per heavy atom. The van der Waals surface area contributed by atoms with E-state index in [1.165, 1.54) is 0 Å². The van der Waals surface area contributed by atoms with Crippen LogP contribution in [0.3, 0.4) is 0 Å². The van der Waals surface area contributed by atoms with Gasteiger partial charge in [0, 0.05) is 13.5 Å². The molecule has 0 radical (unpaired) electrons. The zero-order chi connectivity index (χ0) is 7.72. The predicted octanol–water partition coefficient (Wildman–Crippen LogP) is -1.29. The summed E-state index contributed by atoms with van der Waals surface area (Å²) >= 11 is 0. The molecule has 56 valence electrons. The summed E-state index contributed by atoms with van der Waals surface area (Å²) in [6.07, 6.45) is -0.611. The maximum Gasteiger partial charge on any atom is 0.183 e. The number of hydrogen-bond donors (Lipinski definition) is 3. The van der Waals surface area contributed by atoms with Crippen LogP contribution in [0.15, 0.2) is 11.4 Å². The standard InChI is InChI=1S/C6H10N2O2/c1-8-6-4(10)2-3(9)5(6)7/h4,8,10H,2,7H2,1H3. The number of likely N-dealkylation sites (N-methyl/N-ethyl adjacent to an activating group) is 1. The van der Waals surface area contributed by atoms with Crippen molar-refractivity contribution in [3.63, 3.8) is 0 Å². The minimum absolute atomic E-state index is 0.113. The molecule has 4 N–H and O–H groups in total. The smallest absolute Gasteiger partial charge is 0.183 e. The van der Waals surface area contributed by atoms with Gasteiger partial charge in [0.15, 0.2) is 5.78 Å². The highest BCUT2D eigenvalue weighted by molar-refractivity contribution is 5.98. The fraction of sp³-hybridized carbons (Fsp3) is 0.500. The molecule has 4 heteroatoms. The maximum absolute atomic E-state index is 10.8. The van der Waals surface area contributed by atoms with Gasteiger partial charge < -0.3 is 16.2 Å². The van der Waals surface area contributed by atoms with Gasteiger partial charge in [0.05, 0.1) is 11.4 Å². The monoisotopic (exact) mass is 142 g/mol. The third-order valence-corrected chi connectivity index (χ3v) is 1.57. The molecular weight excluding hydrogens is 132 g/mol. The van der Waals surface area contributed by atoms with E-state index >= 15 is 0 Å². The quantitative estimate of drug-likeness (QED) is 0.426. The first-order valence-corrected chi connectivity index (χ1v) is 3.05. The van der Waals surface area contributed by atoms with Crippen molar-refractivity contribution in [3.8, 4) is 0 Å². The number of ketones is 1. The van der Waals surface area contributed by atoms with E-state index in [4.69, 9.17) is 10.8 Å². The number of Topliss-reactive ketones (excluding diaryl/α,β-unsaturated/α-hetero) is 1. The highest BCUT2D eigenvalue weighted by Crippen LogP contribution is 2.16. The summed E-state index contributed by atoms with van der Waals surface area (Å²) in [5, 5.41) is 11.8. The van der Waals surface area contributed by atoms with Crippen LogP contribution in [0.2, 0.25) is 0 Å². The van der Waals surface area contributed by atoms with Gasteiger partial charge in [-0.25, -0.2) is 0 Å². The minimum Gasteiger partial charge on any atom is -0.394 e. The third-order valence-electron chi connectivity index (χ3n) is 1.57.